The number of rotatable bonds is 0. The second kappa shape index (κ2) is 2.42. The number of ether oxygens (including phenoxy) is 1. The van der Waals surface area contributed by atoms with Crippen LogP contribution in [0.15, 0.2) is 12.1 Å². The third kappa shape index (κ3) is 1.10. The van der Waals surface area contributed by atoms with Crippen molar-refractivity contribution in [1.29, 1.82) is 0 Å². The number of hydrogen-bond donors (Lipinski definition) is 0. The molecule has 1 nitrogen and oxygen atoms in total. The van der Waals surface area contributed by atoms with Crippen LogP contribution in [-0.4, -0.2) is 6.61 Å². The van der Waals surface area contributed by atoms with Crippen molar-refractivity contribution in [2.24, 2.45) is 0 Å². The van der Waals surface area contributed by atoms with E-state index >= 15 is 0 Å². The average Bonchev–Trinajstić information content (AvgIpc) is 2.36. The molecule has 0 spiro atoms. The summed E-state index contributed by atoms with van der Waals surface area (Å²) in [5.41, 5.74) is 2.33. The predicted molar refractivity (Wildman–Crippen MR) is 45.4 cm³/mol. The second-order valence-corrected chi connectivity index (χ2v) is 3.21. The Kier molecular flexibility index (Phi) is 1.53. The minimum Gasteiger partial charge on any atom is -0.493 e. The van der Waals surface area contributed by atoms with Crippen LogP contribution < -0.4 is 4.74 Å². The molecule has 1 aliphatic rings. The molecule has 2 rings (SSSR count). The standard InChI is InChI=1S/C9H9ClO/c1-6-4-9-7(2-3-11-9)5-8(6)10/h4-5H,2-3H2,1H3. The number of halogens is 1. The summed E-state index contributed by atoms with van der Waals surface area (Å²) in [4.78, 5) is 0. The summed E-state index contributed by atoms with van der Waals surface area (Å²) in [7, 11) is 0. The summed E-state index contributed by atoms with van der Waals surface area (Å²) in [5.74, 6) is 1.01. The Morgan fingerprint density at radius 2 is 2.27 bits per heavy atom. The predicted octanol–water partition coefficient (Wildman–Crippen LogP) is 2.58. The Bertz CT molecular complexity index is 265. The van der Waals surface area contributed by atoms with Gasteiger partial charge in [0.1, 0.15) is 5.75 Å². The molecule has 0 bridgehead atoms. The topological polar surface area (TPSA) is 9.23 Å². The molecular formula is C9H9ClO. The van der Waals surface area contributed by atoms with Gasteiger partial charge in [-0.2, -0.15) is 0 Å². The Morgan fingerprint density at radius 3 is 3.09 bits per heavy atom. The highest BCUT2D eigenvalue weighted by Gasteiger charge is 2.12. The molecule has 0 N–H and O–H groups in total. The van der Waals surface area contributed by atoms with Crippen LogP contribution in [0, 0.1) is 6.92 Å². The van der Waals surface area contributed by atoms with Gasteiger partial charge in [0.2, 0.25) is 0 Å². The largest absolute Gasteiger partial charge is 0.493 e. The molecule has 0 saturated heterocycles. The van der Waals surface area contributed by atoms with Gasteiger partial charge in [-0.05, 0) is 30.2 Å². The van der Waals surface area contributed by atoms with Gasteiger partial charge in [-0.1, -0.05) is 11.6 Å². The van der Waals surface area contributed by atoms with Crippen LogP contribution >= 0.6 is 11.6 Å². The van der Waals surface area contributed by atoms with E-state index in [9.17, 15) is 0 Å². The molecule has 1 aromatic carbocycles. The van der Waals surface area contributed by atoms with E-state index in [1.807, 2.05) is 19.1 Å². The van der Waals surface area contributed by atoms with E-state index in [0.717, 1.165) is 29.4 Å². The van der Waals surface area contributed by atoms with Gasteiger partial charge >= 0.3 is 0 Å². The van der Waals surface area contributed by atoms with E-state index in [1.165, 1.54) is 5.56 Å². The Hall–Kier alpha value is -0.690. The highest BCUT2D eigenvalue weighted by Crippen LogP contribution is 2.30. The quantitative estimate of drug-likeness (QED) is 0.579. The summed E-state index contributed by atoms with van der Waals surface area (Å²) in [6, 6.07) is 4.00. The lowest BCUT2D eigenvalue weighted by Crippen LogP contribution is -1.86. The molecule has 58 valence electrons. The molecule has 0 atom stereocenters. The molecule has 1 aliphatic heterocycles. The monoisotopic (exact) mass is 168 g/mol. The zero-order valence-corrected chi connectivity index (χ0v) is 7.11. The first-order chi connectivity index (χ1) is 5.27. The van der Waals surface area contributed by atoms with Crippen LogP contribution in [0.2, 0.25) is 5.02 Å². The maximum atomic E-state index is 5.94. The molecule has 11 heavy (non-hydrogen) atoms. The molecule has 0 amide bonds. The first-order valence-electron chi connectivity index (χ1n) is 3.69. The van der Waals surface area contributed by atoms with E-state index in [0.29, 0.717) is 0 Å². The van der Waals surface area contributed by atoms with Gasteiger partial charge in [0.25, 0.3) is 0 Å². The fourth-order valence-corrected chi connectivity index (χ4v) is 1.48. The minimum atomic E-state index is 0.801. The van der Waals surface area contributed by atoms with E-state index < -0.39 is 0 Å². The number of hydrogen-bond acceptors (Lipinski definition) is 1. The van der Waals surface area contributed by atoms with Crippen molar-refractivity contribution in [3.05, 3.63) is 28.3 Å². The van der Waals surface area contributed by atoms with Crippen LogP contribution in [0.4, 0.5) is 0 Å². The Balaban J connectivity index is 2.57. The number of aryl methyl sites for hydroxylation is 1. The molecule has 0 fully saturated rings. The highest BCUT2D eigenvalue weighted by molar-refractivity contribution is 6.31. The zero-order chi connectivity index (χ0) is 7.84. The molecule has 0 radical (unpaired) electrons. The molecule has 1 heterocycles. The molecule has 2 heteroatoms. The number of fused-ring (bicyclic) bond motifs is 1. The van der Waals surface area contributed by atoms with Crippen molar-refractivity contribution in [3.63, 3.8) is 0 Å². The maximum absolute atomic E-state index is 5.94. The molecular weight excluding hydrogens is 160 g/mol. The van der Waals surface area contributed by atoms with Crippen molar-refractivity contribution in [2.45, 2.75) is 13.3 Å². The lowest BCUT2D eigenvalue weighted by atomic mass is 10.1. The first kappa shape index (κ1) is 6.99. The van der Waals surface area contributed by atoms with Crippen molar-refractivity contribution in [3.8, 4) is 5.75 Å². The van der Waals surface area contributed by atoms with Gasteiger partial charge in [-0.15, -0.1) is 0 Å². The van der Waals surface area contributed by atoms with Crippen LogP contribution in [-0.2, 0) is 6.42 Å². The smallest absolute Gasteiger partial charge is 0.122 e. The van der Waals surface area contributed by atoms with Gasteiger partial charge < -0.3 is 4.74 Å². The molecule has 0 saturated carbocycles. The summed E-state index contributed by atoms with van der Waals surface area (Å²) < 4.78 is 5.38. The van der Waals surface area contributed by atoms with Gasteiger partial charge in [0.05, 0.1) is 6.61 Å². The summed E-state index contributed by atoms with van der Waals surface area (Å²) in [5, 5.41) is 0.842. The normalized spacial score (nSPS) is 14.4. The number of benzene rings is 1. The van der Waals surface area contributed by atoms with Crippen LogP contribution in [0.3, 0.4) is 0 Å². The lowest BCUT2D eigenvalue weighted by molar-refractivity contribution is 0.356. The van der Waals surface area contributed by atoms with Crippen LogP contribution in [0.1, 0.15) is 11.1 Å². The van der Waals surface area contributed by atoms with Crippen LogP contribution in [0.25, 0.3) is 0 Å². The summed E-state index contributed by atoms with van der Waals surface area (Å²) in [6.07, 6.45) is 0.995. The van der Waals surface area contributed by atoms with Crippen LogP contribution in [0.5, 0.6) is 5.75 Å². The fraction of sp³-hybridized carbons (Fsp3) is 0.333. The third-order valence-electron chi connectivity index (χ3n) is 1.97. The van der Waals surface area contributed by atoms with Gasteiger partial charge in [0, 0.05) is 11.4 Å². The molecule has 0 aromatic heterocycles. The highest BCUT2D eigenvalue weighted by atomic mass is 35.5. The first-order valence-corrected chi connectivity index (χ1v) is 4.07. The van der Waals surface area contributed by atoms with E-state index in [4.69, 9.17) is 16.3 Å². The van der Waals surface area contributed by atoms with Crippen molar-refractivity contribution >= 4 is 11.6 Å². The third-order valence-corrected chi connectivity index (χ3v) is 2.38. The van der Waals surface area contributed by atoms with Gasteiger partial charge in [-0.25, -0.2) is 0 Å². The zero-order valence-electron chi connectivity index (χ0n) is 6.36. The SMILES string of the molecule is Cc1cc2c(cc1Cl)CCO2. The molecule has 0 unspecified atom stereocenters. The van der Waals surface area contributed by atoms with Gasteiger partial charge in [0.15, 0.2) is 0 Å². The molecule has 1 aromatic rings. The second-order valence-electron chi connectivity index (χ2n) is 2.81. The van der Waals surface area contributed by atoms with Crippen molar-refractivity contribution < 1.29 is 4.74 Å². The van der Waals surface area contributed by atoms with E-state index in [-0.39, 0.29) is 0 Å². The average molecular weight is 169 g/mol. The molecule has 0 aliphatic carbocycles. The van der Waals surface area contributed by atoms with E-state index in [1.54, 1.807) is 0 Å². The van der Waals surface area contributed by atoms with Crippen molar-refractivity contribution in [2.75, 3.05) is 6.61 Å². The van der Waals surface area contributed by atoms with Crippen molar-refractivity contribution in [1.82, 2.24) is 0 Å². The Labute approximate surface area is 70.9 Å². The van der Waals surface area contributed by atoms with E-state index in [2.05, 4.69) is 0 Å². The minimum absolute atomic E-state index is 0.801. The van der Waals surface area contributed by atoms with Gasteiger partial charge in [-0.3, -0.25) is 0 Å². The summed E-state index contributed by atoms with van der Waals surface area (Å²) >= 11 is 5.94. The maximum Gasteiger partial charge on any atom is 0.122 e. The lowest BCUT2D eigenvalue weighted by Gasteiger charge is -2.01. The Morgan fingerprint density at radius 1 is 1.45 bits per heavy atom. The summed E-state index contributed by atoms with van der Waals surface area (Å²) in [6.45, 7) is 2.79. The fourth-order valence-electron chi connectivity index (χ4n) is 1.30.